The highest BCUT2D eigenvalue weighted by Gasteiger charge is 2.12. The molecule has 0 fully saturated rings. The van der Waals surface area contributed by atoms with Gasteiger partial charge in [-0.1, -0.05) is 0 Å². The van der Waals surface area contributed by atoms with Gasteiger partial charge in [0.2, 0.25) is 0 Å². The van der Waals surface area contributed by atoms with E-state index in [2.05, 4.69) is 31.2 Å². The highest BCUT2D eigenvalue weighted by Crippen LogP contribution is 2.27. The van der Waals surface area contributed by atoms with Crippen molar-refractivity contribution in [3.63, 3.8) is 0 Å². The number of aryl methyl sites for hydroxylation is 1. The van der Waals surface area contributed by atoms with Crippen LogP contribution in [0.1, 0.15) is 12.6 Å². The second-order valence-electron chi connectivity index (χ2n) is 3.95. The molecule has 1 heterocycles. The molecule has 0 amide bonds. The first-order valence-corrected chi connectivity index (χ1v) is 6.55. The van der Waals surface area contributed by atoms with E-state index >= 15 is 0 Å². The lowest BCUT2D eigenvalue weighted by molar-refractivity contribution is 0.509. The summed E-state index contributed by atoms with van der Waals surface area (Å²) in [5, 5.41) is 3.09. The normalized spacial score (nSPS) is 10.6. The van der Waals surface area contributed by atoms with Crippen LogP contribution in [0.5, 0.6) is 0 Å². The van der Waals surface area contributed by atoms with Gasteiger partial charge >= 0.3 is 0 Å². The van der Waals surface area contributed by atoms with Crippen LogP contribution >= 0.6 is 15.9 Å². The van der Waals surface area contributed by atoms with Gasteiger partial charge in [0.05, 0.1) is 10.2 Å². The van der Waals surface area contributed by atoms with Gasteiger partial charge in [0, 0.05) is 12.1 Å². The molecule has 19 heavy (non-hydrogen) atoms. The zero-order valence-corrected chi connectivity index (χ0v) is 12.1. The second kappa shape index (κ2) is 5.61. The minimum atomic E-state index is -0.910. The molecule has 2 rings (SSSR count). The summed E-state index contributed by atoms with van der Waals surface area (Å²) in [7, 11) is 0. The summed E-state index contributed by atoms with van der Waals surface area (Å²) in [5.41, 5.74) is 1.17. The summed E-state index contributed by atoms with van der Waals surface area (Å²) in [5.74, 6) is -0.804. The van der Waals surface area contributed by atoms with Crippen molar-refractivity contribution in [3.8, 4) is 11.4 Å². The van der Waals surface area contributed by atoms with Gasteiger partial charge in [-0.05, 0) is 48.0 Å². The van der Waals surface area contributed by atoms with Crippen molar-refractivity contribution >= 4 is 21.7 Å². The van der Waals surface area contributed by atoms with Gasteiger partial charge in [-0.25, -0.2) is 18.7 Å². The van der Waals surface area contributed by atoms with Crippen LogP contribution in [-0.2, 0) is 0 Å². The molecule has 0 aliphatic heterocycles. The fraction of sp³-hybridized carbons (Fsp3) is 0.231. The van der Waals surface area contributed by atoms with Crippen molar-refractivity contribution in [3.05, 3.63) is 40.0 Å². The Labute approximate surface area is 118 Å². The third-order valence-corrected chi connectivity index (χ3v) is 3.49. The minimum absolute atomic E-state index is 0.357. The molecule has 0 saturated carbocycles. The molecule has 0 saturated heterocycles. The smallest absolute Gasteiger partial charge is 0.161 e. The van der Waals surface area contributed by atoms with Crippen LogP contribution in [0.25, 0.3) is 11.4 Å². The monoisotopic (exact) mass is 327 g/mol. The largest absolute Gasteiger partial charge is 0.369 e. The van der Waals surface area contributed by atoms with Crippen molar-refractivity contribution in [2.75, 3.05) is 11.9 Å². The fourth-order valence-electron chi connectivity index (χ4n) is 1.61. The van der Waals surface area contributed by atoms with Gasteiger partial charge in [-0.2, -0.15) is 0 Å². The quantitative estimate of drug-likeness (QED) is 0.928. The number of halogens is 3. The fourth-order valence-corrected chi connectivity index (χ4v) is 1.93. The van der Waals surface area contributed by atoms with Crippen LogP contribution in [0.15, 0.2) is 22.7 Å². The lowest BCUT2D eigenvalue weighted by Gasteiger charge is -2.10. The molecular formula is C13H12BrF2N3. The lowest BCUT2D eigenvalue weighted by Crippen LogP contribution is -2.04. The number of rotatable bonds is 3. The Kier molecular flexibility index (Phi) is 4.09. The van der Waals surface area contributed by atoms with Crippen molar-refractivity contribution in [1.29, 1.82) is 0 Å². The van der Waals surface area contributed by atoms with E-state index in [1.165, 1.54) is 6.07 Å². The van der Waals surface area contributed by atoms with Gasteiger partial charge < -0.3 is 5.32 Å². The molecular weight excluding hydrogens is 316 g/mol. The maximum Gasteiger partial charge on any atom is 0.161 e. The number of anilines is 1. The van der Waals surface area contributed by atoms with Crippen molar-refractivity contribution in [2.45, 2.75) is 13.8 Å². The molecule has 0 unspecified atom stereocenters. The third kappa shape index (κ3) is 2.89. The maximum absolute atomic E-state index is 13.2. The lowest BCUT2D eigenvalue weighted by atomic mass is 10.2. The van der Waals surface area contributed by atoms with Crippen LogP contribution in [0, 0.1) is 18.6 Å². The summed E-state index contributed by atoms with van der Waals surface area (Å²) in [6, 6.07) is 3.61. The summed E-state index contributed by atoms with van der Waals surface area (Å²) >= 11 is 3.39. The van der Waals surface area contributed by atoms with Crippen molar-refractivity contribution in [2.24, 2.45) is 0 Å². The highest BCUT2D eigenvalue weighted by atomic mass is 79.9. The summed E-state index contributed by atoms with van der Waals surface area (Å²) < 4.78 is 26.9. The van der Waals surface area contributed by atoms with Crippen LogP contribution < -0.4 is 5.32 Å². The maximum atomic E-state index is 13.2. The molecule has 1 aromatic carbocycles. The zero-order valence-electron chi connectivity index (χ0n) is 10.5. The van der Waals surface area contributed by atoms with E-state index in [0.29, 0.717) is 23.8 Å². The zero-order chi connectivity index (χ0) is 14.0. The topological polar surface area (TPSA) is 37.8 Å². The first kappa shape index (κ1) is 13.9. The molecule has 0 aliphatic rings. The Morgan fingerprint density at radius 3 is 2.58 bits per heavy atom. The molecule has 0 bridgehead atoms. The highest BCUT2D eigenvalue weighted by molar-refractivity contribution is 9.10. The van der Waals surface area contributed by atoms with E-state index in [4.69, 9.17) is 0 Å². The molecule has 6 heteroatoms. The minimum Gasteiger partial charge on any atom is -0.369 e. The standard InChI is InChI=1S/C13H12BrF2N3/c1-3-17-13-11(14)7(2)18-12(19-13)8-4-5-9(15)10(16)6-8/h4-6H,3H2,1-2H3,(H,17,18,19). The van der Waals surface area contributed by atoms with Crippen molar-refractivity contribution < 1.29 is 8.78 Å². The van der Waals surface area contributed by atoms with Gasteiger partial charge in [-0.3, -0.25) is 0 Å². The molecule has 1 N–H and O–H groups in total. The number of nitrogens with one attached hydrogen (secondary N) is 1. The number of nitrogens with zero attached hydrogens (tertiary/aromatic N) is 2. The Morgan fingerprint density at radius 2 is 1.95 bits per heavy atom. The third-order valence-electron chi connectivity index (χ3n) is 2.54. The molecule has 2 aromatic rings. The van der Waals surface area contributed by atoms with Gasteiger partial charge in [0.25, 0.3) is 0 Å². The van der Waals surface area contributed by atoms with Crippen LogP contribution in [0.4, 0.5) is 14.6 Å². The average molecular weight is 328 g/mol. The Hall–Kier alpha value is -1.56. The number of aromatic nitrogens is 2. The number of benzene rings is 1. The predicted molar refractivity (Wildman–Crippen MR) is 74.0 cm³/mol. The molecule has 3 nitrogen and oxygen atoms in total. The SMILES string of the molecule is CCNc1nc(-c2ccc(F)c(F)c2)nc(C)c1Br. The molecule has 0 spiro atoms. The Balaban J connectivity index is 2.52. The van der Waals surface area contributed by atoms with Crippen molar-refractivity contribution in [1.82, 2.24) is 9.97 Å². The van der Waals surface area contributed by atoms with E-state index in [1.807, 2.05) is 13.8 Å². The van der Waals surface area contributed by atoms with E-state index in [1.54, 1.807) is 0 Å². The molecule has 0 atom stereocenters. The van der Waals surface area contributed by atoms with Gasteiger partial charge in [0.1, 0.15) is 5.82 Å². The molecule has 1 aromatic heterocycles. The summed E-state index contributed by atoms with van der Waals surface area (Å²) in [4.78, 5) is 8.58. The van der Waals surface area contributed by atoms with Crippen LogP contribution in [0.2, 0.25) is 0 Å². The first-order chi connectivity index (χ1) is 9.02. The van der Waals surface area contributed by atoms with E-state index in [0.717, 1.165) is 22.3 Å². The van der Waals surface area contributed by atoms with Crippen LogP contribution in [-0.4, -0.2) is 16.5 Å². The summed E-state index contributed by atoms with van der Waals surface area (Å²) in [6.45, 7) is 4.46. The first-order valence-electron chi connectivity index (χ1n) is 5.76. The van der Waals surface area contributed by atoms with Gasteiger partial charge in [-0.15, -0.1) is 0 Å². The molecule has 0 aliphatic carbocycles. The Morgan fingerprint density at radius 1 is 1.21 bits per heavy atom. The molecule has 0 radical (unpaired) electrons. The van der Waals surface area contributed by atoms with E-state index in [-0.39, 0.29) is 0 Å². The van der Waals surface area contributed by atoms with Gasteiger partial charge in [0.15, 0.2) is 17.5 Å². The number of hydrogen-bond donors (Lipinski definition) is 1. The van der Waals surface area contributed by atoms with E-state index < -0.39 is 11.6 Å². The van der Waals surface area contributed by atoms with Crippen LogP contribution in [0.3, 0.4) is 0 Å². The molecule has 100 valence electrons. The predicted octanol–water partition coefficient (Wildman–Crippen LogP) is 3.92. The Bertz CT molecular complexity index is 617. The summed E-state index contributed by atoms with van der Waals surface area (Å²) in [6.07, 6.45) is 0. The second-order valence-corrected chi connectivity index (χ2v) is 4.75. The van der Waals surface area contributed by atoms with E-state index in [9.17, 15) is 8.78 Å². The average Bonchev–Trinajstić information content (AvgIpc) is 2.38. The number of hydrogen-bond acceptors (Lipinski definition) is 3.